The number of sulfonamides is 1. The van der Waals surface area contributed by atoms with Gasteiger partial charge in [-0.2, -0.15) is 0 Å². The van der Waals surface area contributed by atoms with Gasteiger partial charge in [-0.3, -0.25) is 0 Å². The molecule has 2 N–H and O–H groups in total. The Hall–Kier alpha value is -4.11. The molecule has 0 fully saturated rings. The molecule has 1 atom stereocenters. The largest absolute Gasteiger partial charge is 0.494 e. The molecule has 0 aliphatic rings. The summed E-state index contributed by atoms with van der Waals surface area (Å²) in [6.07, 6.45) is 3.88. The lowest BCUT2D eigenvalue weighted by Crippen LogP contribution is -2.42. The topological polar surface area (TPSA) is 102 Å². The summed E-state index contributed by atoms with van der Waals surface area (Å²) >= 11 is 0. The van der Waals surface area contributed by atoms with Gasteiger partial charge in [-0.25, -0.2) is 22.9 Å². The van der Waals surface area contributed by atoms with Crippen molar-refractivity contribution in [2.24, 2.45) is 0 Å². The minimum absolute atomic E-state index is 0.0520. The first-order valence-electron chi connectivity index (χ1n) is 12.0. The molecule has 8 nitrogen and oxygen atoms in total. The van der Waals surface area contributed by atoms with Gasteiger partial charge in [-0.15, -0.1) is 0 Å². The van der Waals surface area contributed by atoms with Crippen LogP contribution >= 0.6 is 0 Å². The van der Waals surface area contributed by atoms with Crippen molar-refractivity contribution < 1.29 is 17.9 Å². The SMILES string of the molecule is CCOc1ccc(-n2ccnc2[C@H](Cc2ccccc2)NC(=O)NS(=O)(=O)c2ccccc2C)cc1C. The van der Waals surface area contributed by atoms with Gasteiger partial charge in [-0.1, -0.05) is 48.5 Å². The quantitative estimate of drug-likeness (QED) is 0.329. The number of hydrogen-bond acceptors (Lipinski definition) is 5. The van der Waals surface area contributed by atoms with E-state index >= 15 is 0 Å². The van der Waals surface area contributed by atoms with Gasteiger partial charge in [0.05, 0.1) is 17.5 Å². The fraction of sp³-hybridized carbons (Fsp3) is 0.214. The number of ether oxygens (including phenoxy) is 1. The molecule has 9 heteroatoms. The monoisotopic (exact) mass is 518 g/mol. The van der Waals surface area contributed by atoms with Crippen LogP contribution in [0.2, 0.25) is 0 Å². The van der Waals surface area contributed by atoms with E-state index in [-0.39, 0.29) is 4.90 Å². The summed E-state index contributed by atoms with van der Waals surface area (Å²) < 4.78 is 35.5. The van der Waals surface area contributed by atoms with Crippen molar-refractivity contribution in [1.29, 1.82) is 0 Å². The zero-order valence-electron chi connectivity index (χ0n) is 21.0. The molecule has 0 radical (unpaired) electrons. The summed E-state index contributed by atoms with van der Waals surface area (Å²) in [6, 6.07) is 20.5. The van der Waals surface area contributed by atoms with Crippen molar-refractivity contribution in [2.45, 2.75) is 38.1 Å². The summed E-state index contributed by atoms with van der Waals surface area (Å²) in [6.45, 7) is 6.15. The fourth-order valence-corrected chi connectivity index (χ4v) is 5.33. The average molecular weight is 519 g/mol. The van der Waals surface area contributed by atoms with E-state index < -0.39 is 22.1 Å². The number of aryl methyl sites for hydroxylation is 2. The predicted octanol–water partition coefficient (Wildman–Crippen LogP) is 4.86. The lowest BCUT2D eigenvalue weighted by molar-refractivity contribution is 0.241. The maximum Gasteiger partial charge on any atom is 0.329 e. The smallest absolute Gasteiger partial charge is 0.329 e. The highest BCUT2D eigenvalue weighted by atomic mass is 32.2. The number of carbonyl (C=O) groups is 1. The number of urea groups is 1. The highest BCUT2D eigenvalue weighted by Gasteiger charge is 2.25. The van der Waals surface area contributed by atoms with Gasteiger partial charge >= 0.3 is 6.03 Å². The number of rotatable bonds is 9. The van der Waals surface area contributed by atoms with E-state index in [1.54, 1.807) is 31.3 Å². The van der Waals surface area contributed by atoms with E-state index in [2.05, 4.69) is 15.0 Å². The van der Waals surface area contributed by atoms with Crippen LogP contribution < -0.4 is 14.8 Å². The Bertz CT molecular complexity index is 1480. The van der Waals surface area contributed by atoms with E-state index in [0.717, 1.165) is 22.6 Å². The zero-order chi connectivity index (χ0) is 26.4. The number of aromatic nitrogens is 2. The lowest BCUT2D eigenvalue weighted by Gasteiger charge is -2.21. The van der Waals surface area contributed by atoms with Crippen LogP contribution in [-0.2, 0) is 16.4 Å². The van der Waals surface area contributed by atoms with Crippen molar-refractivity contribution in [2.75, 3.05) is 6.61 Å². The third kappa shape index (κ3) is 6.18. The van der Waals surface area contributed by atoms with Crippen LogP contribution in [0.25, 0.3) is 5.69 Å². The molecule has 4 rings (SSSR count). The van der Waals surface area contributed by atoms with Crippen molar-refractivity contribution in [3.05, 3.63) is 108 Å². The van der Waals surface area contributed by atoms with Gasteiger partial charge in [0, 0.05) is 18.1 Å². The predicted molar refractivity (Wildman–Crippen MR) is 142 cm³/mol. The second-order valence-corrected chi connectivity index (χ2v) is 10.3. The molecular formula is C28H30N4O4S. The van der Waals surface area contributed by atoms with Crippen LogP contribution in [-0.4, -0.2) is 30.6 Å². The number of nitrogens with one attached hydrogen (secondary N) is 2. The van der Waals surface area contributed by atoms with Crippen molar-refractivity contribution in [1.82, 2.24) is 19.6 Å². The average Bonchev–Trinajstić information content (AvgIpc) is 3.35. The molecule has 3 aromatic carbocycles. The Balaban J connectivity index is 1.64. The van der Waals surface area contributed by atoms with Gasteiger partial charge in [-0.05, 0) is 68.1 Å². The molecule has 0 saturated heterocycles. The van der Waals surface area contributed by atoms with Gasteiger partial charge in [0.25, 0.3) is 10.0 Å². The van der Waals surface area contributed by atoms with E-state index in [1.165, 1.54) is 6.07 Å². The minimum atomic E-state index is -4.06. The number of amides is 2. The Morgan fingerprint density at radius 2 is 1.73 bits per heavy atom. The highest BCUT2D eigenvalue weighted by Crippen LogP contribution is 2.25. The van der Waals surface area contributed by atoms with Crippen LogP contribution in [0.5, 0.6) is 5.75 Å². The van der Waals surface area contributed by atoms with E-state index in [0.29, 0.717) is 24.4 Å². The van der Waals surface area contributed by atoms with Crippen LogP contribution in [0.4, 0.5) is 4.79 Å². The molecule has 0 aliphatic heterocycles. The Labute approximate surface area is 217 Å². The molecule has 4 aromatic rings. The molecule has 0 aliphatic carbocycles. The maximum absolute atomic E-state index is 13.0. The first-order valence-corrected chi connectivity index (χ1v) is 13.5. The van der Waals surface area contributed by atoms with Gasteiger partial charge < -0.3 is 14.6 Å². The zero-order valence-corrected chi connectivity index (χ0v) is 21.8. The molecule has 0 unspecified atom stereocenters. The van der Waals surface area contributed by atoms with Crippen molar-refractivity contribution in [3.63, 3.8) is 0 Å². The molecule has 1 aromatic heterocycles. The summed E-state index contributed by atoms with van der Waals surface area (Å²) in [4.78, 5) is 17.6. The first-order chi connectivity index (χ1) is 17.8. The summed E-state index contributed by atoms with van der Waals surface area (Å²) in [7, 11) is -4.06. The summed E-state index contributed by atoms with van der Waals surface area (Å²) in [5.74, 6) is 1.36. The second-order valence-electron chi connectivity index (χ2n) is 8.63. The maximum atomic E-state index is 13.0. The molecule has 192 valence electrons. The number of hydrogen-bond donors (Lipinski definition) is 2. The Morgan fingerprint density at radius 3 is 2.43 bits per heavy atom. The Kier molecular flexibility index (Phi) is 7.93. The third-order valence-corrected chi connectivity index (χ3v) is 7.41. The Morgan fingerprint density at radius 1 is 1.00 bits per heavy atom. The van der Waals surface area contributed by atoms with Crippen LogP contribution in [0.3, 0.4) is 0 Å². The van der Waals surface area contributed by atoms with E-state index in [1.807, 2.05) is 73.1 Å². The van der Waals surface area contributed by atoms with Gasteiger partial charge in [0.1, 0.15) is 11.6 Å². The van der Waals surface area contributed by atoms with Crippen LogP contribution in [0, 0.1) is 13.8 Å². The highest BCUT2D eigenvalue weighted by molar-refractivity contribution is 7.90. The molecule has 37 heavy (non-hydrogen) atoms. The molecule has 0 spiro atoms. The summed E-state index contributed by atoms with van der Waals surface area (Å²) in [5.41, 5.74) is 3.33. The molecule has 0 bridgehead atoms. The third-order valence-electron chi connectivity index (χ3n) is 5.92. The molecule has 2 amide bonds. The van der Waals surface area contributed by atoms with Gasteiger partial charge in [0.15, 0.2) is 0 Å². The number of carbonyl (C=O) groups excluding carboxylic acids is 1. The van der Waals surface area contributed by atoms with E-state index in [4.69, 9.17) is 4.74 Å². The number of nitrogens with zero attached hydrogens (tertiary/aromatic N) is 2. The normalized spacial score (nSPS) is 12.1. The van der Waals surface area contributed by atoms with E-state index in [9.17, 15) is 13.2 Å². The fourth-order valence-electron chi connectivity index (χ4n) is 4.17. The number of imidazole rings is 1. The van der Waals surface area contributed by atoms with Gasteiger partial charge in [0.2, 0.25) is 0 Å². The number of benzene rings is 3. The van der Waals surface area contributed by atoms with Crippen molar-refractivity contribution >= 4 is 16.1 Å². The van der Waals surface area contributed by atoms with Crippen LogP contribution in [0.1, 0.15) is 35.5 Å². The summed E-state index contributed by atoms with van der Waals surface area (Å²) in [5, 5.41) is 2.83. The lowest BCUT2D eigenvalue weighted by atomic mass is 10.1. The standard InChI is InChI=1S/C28H30N4O4S/c1-4-36-25-15-14-23(18-21(25)3)32-17-16-29-27(32)24(19-22-11-6-5-7-12-22)30-28(33)31-37(34,35)26-13-9-8-10-20(26)2/h5-18,24H,4,19H2,1-3H3,(H2,30,31,33)/t24-/m0/s1. The second kappa shape index (κ2) is 11.3. The molecule has 0 saturated carbocycles. The molecule has 1 heterocycles. The molecular weight excluding hydrogens is 488 g/mol. The first kappa shape index (κ1) is 26.0. The van der Waals surface area contributed by atoms with Crippen molar-refractivity contribution in [3.8, 4) is 11.4 Å². The minimum Gasteiger partial charge on any atom is -0.494 e. The van der Waals surface area contributed by atoms with Crippen LogP contribution in [0.15, 0.2) is 90.1 Å².